The van der Waals surface area contributed by atoms with Crippen LogP contribution in [0.15, 0.2) is 66.6 Å². The monoisotopic (exact) mass is 370 g/mol. The van der Waals surface area contributed by atoms with E-state index in [-0.39, 0.29) is 17.6 Å². The number of allylic oxidation sites excluding steroid dienone is 1. The minimum atomic E-state index is -0.401. The fraction of sp³-hybridized carbons (Fsp3) is 0.211. The van der Waals surface area contributed by atoms with Gasteiger partial charge in [0.1, 0.15) is 6.61 Å². The molecule has 1 aromatic carbocycles. The number of rotatable bonds is 8. The predicted molar refractivity (Wildman–Crippen MR) is 99.5 cm³/mol. The Balaban J connectivity index is 1.75. The quantitative estimate of drug-likeness (QED) is 0.434. The lowest BCUT2D eigenvalue weighted by molar-refractivity contribution is 0.275. The Bertz CT molecular complexity index is 869. The molecule has 2 heterocycles. The first-order valence-electron chi connectivity index (χ1n) is 8.16. The van der Waals surface area contributed by atoms with Crippen LogP contribution < -0.4 is 4.74 Å². The highest BCUT2D eigenvalue weighted by Gasteiger charge is 2.17. The lowest BCUT2D eigenvalue weighted by Crippen LogP contribution is -2.08. The van der Waals surface area contributed by atoms with Crippen LogP contribution in [0.2, 0.25) is 0 Å². The topological polar surface area (TPSA) is 52.8 Å². The second-order valence-electron chi connectivity index (χ2n) is 5.56. The Labute approximate surface area is 155 Å². The van der Waals surface area contributed by atoms with Gasteiger partial charge in [-0.25, -0.2) is 4.39 Å². The van der Waals surface area contributed by atoms with Gasteiger partial charge in [0.25, 0.3) is 0 Å². The highest BCUT2D eigenvalue weighted by molar-refractivity contribution is 7.99. The molecular formula is C19H19FN4OS. The number of benzene rings is 1. The molecule has 3 aromatic rings. The molecule has 0 N–H and O–H groups in total. The van der Waals surface area contributed by atoms with Gasteiger partial charge in [-0.15, -0.1) is 16.8 Å². The van der Waals surface area contributed by atoms with E-state index < -0.39 is 5.82 Å². The fourth-order valence-corrected chi connectivity index (χ4v) is 3.36. The number of aromatic nitrogens is 4. The average Bonchev–Trinajstić information content (AvgIpc) is 3.04. The molecule has 0 saturated heterocycles. The number of hydrogen-bond acceptors (Lipinski definition) is 5. The Hall–Kier alpha value is -2.67. The third kappa shape index (κ3) is 4.29. The first kappa shape index (κ1) is 18.1. The van der Waals surface area contributed by atoms with Gasteiger partial charge in [-0.3, -0.25) is 9.55 Å². The molecule has 3 rings (SSSR count). The van der Waals surface area contributed by atoms with Crippen LogP contribution in [0.5, 0.6) is 5.75 Å². The van der Waals surface area contributed by atoms with Gasteiger partial charge in [-0.1, -0.05) is 36.0 Å². The number of thioether (sulfide) groups is 1. The minimum absolute atomic E-state index is 0.129. The van der Waals surface area contributed by atoms with Crippen molar-refractivity contribution in [1.82, 2.24) is 19.7 Å². The third-order valence-electron chi connectivity index (χ3n) is 3.73. The van der Waals surface area contributed by atoms with E-state index in [1.54, 1.807) is 42.2 Å². The Morgan fingerprint density at radius 2 is 2.12 bits per heavy atom. The number of nitrogens with zero attached hydrogens (tertiary/aromatic N) is 4. The molecule has 0 fully saturated rings. The smallest absolute Gasteiger partial charge is 0.192 e. The van der Waals surface area contributed by atoms with Crippen LogP contribution >= 0.6 is 11.8 Å². The van der Waals surface area contributed by atoms with E-state index in [4.69, 9.17) is 4.74 Å². The maximum Gasteiger partial charge on any atom is 0.192 e. The van der Waals surface area contributed by atoms with Gasteiger partial charge in [0.05, 0.1) is 0 Å². The molecule has 0 aliphatic carbocycles. The van der Waals surface area contributed by atoms with Crippen molar-refractivity contribution in [2.75, 3.05) is 0 Å². The molecule has 5 nitrogen and oxygen atoms in total. The number of para-hydroxylation sites is 1. The second kappa shape index (κ2) is 8.62. The van der Waals surface area contributed by atoms with Crippen molar-refractivity contribution < 1.29 is 9.13 Å². The highest BCUT2D eigenvalue weighted by atomic mass is 32.2. The molecule has 0 radical (unpaired) electrons. The molecular weight excluding hydrogens is 351 g/mol. The van der Waals surface area contributed by atoms with E-state index in [1.807, 2.05) is 22.9 Å². The molecule has 0 aliphatic heterocycles. The van der Waals surface area contributed by atoms with E-state index in [2.05, 4.69) is 28.7 Å². The summed E-state index contributed by atoms with van der Waals surface area (Å²) in [4.78, 5) is 4.15. The first-order chi connectivity index (χ1) is 12.7. The van der Waals surface area contributed by atoms with Crippen LogP contribution in [0.25, 0.3) is 0 Å². The molecule has 7 heteroatoms. The van der Waals surface area contributed by atoms with Crippen molar-refractivity contribution in [3.05, 3.63) is 78.7 Å². The molecule has 0 spiro atoms. The van der Waals surface area contributed by atoms with Crippen molar-refractivity contribution in [2.45, 2.75) is 30.5 Å². The summed E-state index contributed by atoms with van der Waals surface area (Å²) in [5, 5.41) is 9.40. The summed E-state index contributed by atoms with van der Waals surface area (Å²) >= 11 is 1.58. The second-order valence-corrected chi connectivity index (χ2v) is 6.87. The van der Waals surface area contributed by atoms with Crippen LogP contribution in [0.3, 0.4) is 0 Å². The zero-order chi connectivity index (χ0) is 18.4. The molecule has 0 aliphatic rings. The van der Waals surface area contributed by atoms with Gasteiger partial charge >= 0.3 is 0 Å². The lowest BCUT2D eigenvalue weighted by atomic mass is 10.2. The van der Waals surface area contributed by atoms with Gasteiger partial charge in [-0.05, 0) is 30.7 Å². The fourth-order valence-electron chi connectivity index (χ4n) is 2.37. The maximum absolute atomic E-state index is 13.7. The van der Waals surface area contributed by atoms with E-state index in [0.29, 0.717) is 12.4 Å². The van der Waals surface area contributed by atoms with Crippen molar-refractivity contribution in [3.8, 4) is 5.75 Å². The van der Waals surface area contributed by atoms with Gasteiger partial charge in [0, 0.05) is 24.2 Å². The van der Waals surface area contributed by atoms with Crippen molar-refractivity contribution in [1.29, 1.82) is 0 Å². The van der Waals surface area contributed by atoms with Crippen molar-refractivity contribution in [3.63, 3.8) is 0 Å². The normalized spacial score (nSPS) is 11.9. The summed E-state index contributed by atoms with van der Waals surface area (Å²) in [6.07, 6.45) is 5.36. The number of pyridine rings is 1. The third-order valence-corrected chi connectivity index (χ3v) is 4.87. The van der Waals surface area contributed by atoms with E-state index >= 15 is 0 Å². The standard InChI is InChI=1S/C19H19FN4OS/c1-3-11-24-18(13-25-17-9-5-4-8-16(17)20)22-23-19(24)26-14(2)15-7-6-10-21-12-15/h3-10,12,14H,1,11,13H2,2H3. The molecule has 0 bridgehead atoms. The van der Waals surface area contributed by atoms with Crippen LogP contribution in [-0.4, -0.2) is 19.7 Å². The minimum Gasteiger partial charge on any atom is -0.483 e. The molecule has 1 atom stereocenters. The van der Waals surface area contributed by atoms with E-state index in [0.717, 1.165) is 10.7 Å². The SMILES string of the molecule is C=CCn1c(COc2ccccc2F)nnc1SC(C)c1cccnc1. The number of halogens is 1. The largest absolute Gasteiger partial charge is 0.483 e. The predicted octanol–water partition coefficient (Wildman–Crippen LogP) is 4.43. The van der Waals surface area contributed by atoms with Crippen molar-refractivity contribution >= 4 is 11.8 Å². The van der Waals surface area contributed by atoms with E-state index in [1.165, 1.54) is 6.07 Å². The van der Waals surface area contributed by atoms with Gasteiger partial charge in [-0.2, -0.15) is 0 Å². The van der Waals surface area contributed by atoms with Crippen LogP contribution in [0, 0.1) is 5.82 Å². The number of ether oxygens (including phenoxy) is 1. The van der Waals surface area contributed by atoms with Crippen LogP contribution in [0.4, 0.5) is 4.39 Å². The van der Waals surface area contributed by atoms with Crippen LogP contribution in [0.1, 0.15) is 23.6 Å². The maximum atomic E-state index is 13.7. The van der Waals surface area contributed by atoms with E-state index in [9.17, 15) is 4.39 Å². The summed E-state index contributed by atoms with van der Waals surface area (Å²) in [5.74, 6) is 0.412. The summed E-state index contributed by atoms with van der Waals surface area (Å²) in [6, 6.07) is 10.2. The zero-order valence-electron chi connectivity index (χ0n) is 14.4. The Morgan fingerprint density at radius 1 is 1.27 bits per heavy atom. The summed E-state index contributed by atoms with van der Waals surface area (Å²) in [7, 11) is 0. The zero-order valence-corrected chi connectivity index (χ0v) is 15.2. The molecule has 1 unspecified atom stereocenters. The van der Waals surface area contributed by atoms with Crippen LogP contribution in [-0.2, 0) is 13.2 Å². The van der Waals surface area contributed by atoms with Gasteiger partial charge < -0.3 is 4.74 Å². The molecule has 2 aromatic heterocycles. The number of hydrogen-bond donors (Lipinski definition) is 0. The Kier molecular flexibility index (Phi) is 6.01. The Morgan fingerprint density at radius 3 is 2.85 bits per heavy atom. The highest BCUT2D eigenvalue weighted by Crippen LogP contribution is 2.33. The molecule has 134 valence electrons. The first-order valence-corrected chi connectivity index (χ1v) is 9.04. The summed E-state index contributed by atoms with van der Waals surface area (Å²) < 4.78 is 21.2. The molecule has 0 saturated carbocycles. The average molecular weight is 370 g/mol. The lowest BCUT2D eigenvalue weighted by Gasteiger charge is -2.12. The summed E-state index contributed by atoms with van der Waals surface area (Å²) in [6.45, 7) is 6.55. The van der Waals surface area contributed by atoms with Crippen molar-refractivity contribution in [2.24, 2.45) is 0 Å². The van der Waals surface area contributed by atoms with Gasteiger partial charge in [0.15, 0.2) is 22.5 Å². The van der Waals surface area contributed by atoms with Gasteiger partial charge in [0.2, 0.25) is 0 Å². The molecule has 26 heavy (non-hydrogen) atoms. The molecule has 0 amide bonds. The summed E-state index contributed by atoms with van der Waals surface area (Å²) in [5.41, 5.74) is 1.11.